The van der Waals surface area contributed by atoms with Gasteiger partial charge < -0.3 is 34.5 Å². The van der Waals surface area contributed by atoms with Crippen molar-refractivity contribution in [2.75, 3.05) is 25.3 Å². The highest BCUT2D eigenvalue weighted by Gasteiger charge is 2.44. The van der Waals surface area contributed by atoms with E-state index >= 15 is 0 Å². The standard InChI is InChI=1S/C21H25N5O6/c1-2-5-29-8-15-17(27)18(28)21(32-15)26-10-25-16-19(23-9-24-20(16)26)22-7-12-3-4-13-14(6-12)31-11-30-13/h3-4,6,9-10,15,17-18,21,27-28H,2,5,7-8,11H2,1H3,(H,22,23,24)/t15-,17?,18?,21-/m1/s1. The van der Waals surface area contributed by atoms with Gasteiger partial charge in [0, 0.05) is 13.2 Å². The Labute approximate surface area is 183 Å². The molecule has 170 valence electrons. The van der Waals surface area contributed by atoms with Crippen LogP contribution in [-0.4, -0.2) is 68.1 Å². The van der Waals surface area contributed by atoms with Gasteiger partial charge in [-0.3, -0.25) is 4.57 Å². The molecule has 11 heteroatoms. The summed E-state index contributed by atoms with van der Waals surface area (Å²) in [7, 11) is 0. The molecule has 2 aliphatic heterocycles. The average molecular weight is 443 g/mol. The molecule has 0 spiro atoms. The van der Waals surface area contributed by atoms with Gasteiger partial charge in [0.05, 0.1) is 12.9 Å². The summed E-state index contributed by atoms with van der Waals surface area (Å²) in [4.78, 5) is 13.0. The van der Waals surface area contributed by atoms with Crippen molar-refractivity contribution >= 4 is 17.0 Å². The van der Waals surface area contributed by atoms with Gasteiger partial charge in [-0.05, 0) is 24.1 Å². The first-order valence-corrected chi connectivity index (χ1v) is 10.5. The van der Waals surface area contributed by atoms with Gasteiger partial charge in [-0.2, -0.15) is 0 Å². The maximum Gasteiger partial charge on any atom is 0.231 e. The van der Waals surface area contributed by atoms with E-state index in [4.69, 9.17) is 18.9 Å². The molecule has 2 aromatic heterocycles. The number of imidazole rings is 1. The van der Waals surface area contributed by atoms with Crippen molar-refractivity contribution in [2.45, 2.75) is 44.4 Å². The number of anilines is 1. The van der Waals surface area contributed by atoms with Gasteiger partial charge in [0.2, 0.25) is 6.79 Å². The molecule has 4 heterocycles. The molecule has 3 N–H and O–H groups in total. The van der Waals surface area contributed by atoms with Crippen molar-refractivity contribution < 1.29 is 29.2 Å². The van der Waals surface area contributed by atoms with Crippen LogP contribution in [0.5, 0.6) is 11.5 Å². The molecule has 0 saturated carbocycles. The van der Waals surface area contributed by atoms with Crippen LogP contribution in [0.25, 0.3) is 11.2 Å². The van der Waals surface area contributed by atoms with E-state index < -0.39 is 24.5 Å². The van der Waals surface area contributed by atoms with Crippen LogP contribution in [0, 0.1) is 0 Å². The third-order valence-corrected chi connectivity index (χ3v) is 5.50. The van der Waals surface area contributed by atoms with Crippen LogP contribution in [0.3, 0.4) is 0 Å². The summed E-state index contributed by atoms with van der Waals surface area (Å²) in [6.07, 6.45) is 0.136. The Hall–Kier alpha value is -2.99. The smallest absolute Gasteiger partial charge is 0.231 e. The van der Waals surface area contributed by atoms with E-state index in [-0.39, 0.29) is 13.4 Å². The fourth-order valence-corrected chi connectivity index (χ4v) is 3.84. The molecule has 2 aliphatic rings. The van der Waals surface area contributed by atoms with E-state index in [9.17, 15) is 10.2 Å². The van der Waals surface area contributed by atoms with Crippen LogP contribution < -0.4 is 14.8 Å². The third-order valence-electron chi connectivity index (χ3n) is 5.50. The number of aliphatic hydroxyl groups is 2. The molecular weight excluding hydrogens is 418 g/mol. The zero-order valence-corrected chi connectivity index (χ0v) is 17.5. The Kier molecular flexibility index (Phi) is 5.79. The Morgan fingerprint density at radius 1 is 1.16 bits per heavy atom. The summed E-state index contributed by atoms with van der Waals surface area (Å²) in [5.74, 6) is 1.99. The number of fused-ring (bicyclic) bond motifs is 2. The van der Waals surface area contributed by atoms with Gasteiger partial charge in [0.1, 0.15) is 24.6 Å². The SMILES string of the molecule is CCCOC[C@H]1O[C@@H](n2cnc3c(NCc4ccc5c(c4)OCO5)ncnc32)C(O)C1O. The molecule has 1 fully saturated rings. The summed E-state index contributed by atoms with van der Waals surface area (Å²) in [5.41, 5.74) is 2.01. The molecule has 5 rings (SSSR count). The first-order valence-electron chi connectivity index (χ1n) is 10.5. The molecule has 3 aromatic rings. The van der Waals surface area contributed by atoms with Crippen molar-refractivity contribution in [1.29, 1.82) is 0 Å². The van der Waals surface area contributed by atoms with Crippen LogP contribution in [0.15, 0.2) is 30.9 Å². The van der Waals surface area contributed by atoms with Crippen molar-refractivity contribution in [1.82, 2.24) is 19.5 Å². The number of nitrogens with zero attached hydrogens (tertiary/aromatic N) is 4. The summed E-state index contributed by atoms with van der Waals surface area (Å²) >= 11 is 0. The topological polar surface area (TPSA) is 133 Å². The summed E-state index contributed by atoms with van der Waals surface area (Å²) in [5, 5.41) is 24.2. The number of aliphatic hydroxyl groups excluding tert-OH is 2. The van der Waals surface area contributed by atoms with Crippen molar-refractivity contribution in [3.63, 3.8) is 0 Å². The molecule has 0 bridgehead atoms. The van der Waals surface area contributed by atoms with Crippen LogP contribution in [-0.2, 0) is 16.0 Å². The maximum atomic E-state index is 10.6. The molecule has 1 saturated heterocycles. The van der Waals surface area contributed by atoms with Crippen LogP contribution in [0.2, 0.25) is 0 Å². The lowest BCUT2D eigenvalue weighted by atomic mass is 10.1. The van der Waals surface area contributed by atoms with Gasteiger partial charge >= 0.3 is 0 Å². The Bertz CT molecular complexity index is 1090. The van der Waals surface area contributed by atoms with Crippen LogP contribution >= 0.6 is 0 Å². The number of rotatable bonds is 8. The van der Waals surface area contributed by atoms with E-state index in [1.54, 1.807) is 4.57 Å². The molecule has 0 aliphatic carbocycles. The van der Waals surface area contributed by atoms with Crippen molar-refractivity contribution in [3.8, 4) is 11.5 Å². The lowest BCUT2D eigenvalue weighted by molar-refractivity contribution is -0.0652. The van der Waals surface area contributed by atoms with Gasteiger partial charge in [-0.1, -0.05) is 13.0 Å². The number of aromatic nitrogens is 4. The highest BCUT2D eigenvalue weighted by atomic mass is 16.7. The highest BCUT2D eigenvalue weighted by molar-refractivity contribution is 5.82. The van der Waals surface area contributed by atoms with E-state index in [1.165, 1.54) is 12.7 Å². The first kappa shape index (κ1) is 20.9. The maximum absolute atomic E-state index is 10.6. The Morgan fingerprint density at radius 2 is 2.03 bits per heavy atom. The lowest BCUT2D eigenvalue weighted by Crippen LogP contribution is -2.33. The zero-order chi connectivity index (χ0) is 22.1. The second-order valence-electron chi connectivity index (χ2n) is 7.71. The molecule has 4 atom stereocenters. The zero-order valence-electron chi connectivity index (χ0n) is 17.5. The van der Waals surface area contributed by atoms with Crippen molar-refractivity contribution in [3.05, 3.63) is 36.4 Å². The minimum Gasteiger partial charge on any atom is -0.454 e. The van der Waals surface area contributed by atoms with E-state index in [2.05, 4.69) is 20.3 Å². The van der Waals surface area contributed by atoms with Crippen molar-refractivity contribution in [2.24, 2.45) is 0 Å². The Morgan fingerprint density at radius 3 is 2.91 bits per heavy atom. The normalized spacial score (nSPS) is 24.3. The second kappa shape index (κ2) is 8.87. The van der Waals surface area contributed by atoms with Crippen LogP contribution in [0.1, 0.15) is 25.1 Å². The Balaban J connectivity index is 1.33. The monoisotopic (exact) mass is 443 g/mol. The molecule has 11 nitrogen and oxygen atoms in total. The number of hydrogen-bond donors (Lipinski definition) is 3. The number of hydrogen-bond acceptors (Lipinski definition) is 10. The molecule has 1 aromatic carbocycles. The average Bonchev–Trinajstić information content (AvgIpc) is 3.51. The fraction of sp³-hybridized carbons (Fsp3) is 0.476. The number of nitrogens with one attached hydrogen (secondary N) is 1. The molecule has 0 radical (unpaired) electrons. The summed E-state index contributed by atoms with van der Waals surface area (Å²) in [6.45, 7) is 3.48. The van der Waals surface area contributed by atoms with E-state index in [0.717, 1.165) is 17.7 Å². The third kappa shape index (κ3) is 3.84. The second-order valence-corrected chi connectivity index (χ2v) is 7.71. The van der Waals surface area contributed by atoms with Gasteiger partial charge in [0.15, 0.2) is 34.7 Å². The molecule has 32 heavy (non-hydrogen) atoms. The summed E-state index contributed by atoms with van der Waals surface area (Å²) < 4.78 is 23.7. The molecule has 0 amide bonds. The minimum absolute atomic E-state index is 0.201. The number of benzene rings is 1. The predicted molar refractivity (Wildman–Crippen MR) is 112 cm³/mol. The van der Waals surface area contributed by atoms with E-state index in [0.29, 0.717) is 35.9 Å². The largest absolute Gasteiger partial charge is 0.454 e. The summed E-state index contributed by atoms with van der Waals surface area (Å²) in [6, 6.07) is 5.73. The highest BCUT2D eigenvalue weighted by Crippen LogP contribution is 2.34. The quantitative estimate of drug-likeness (QED) is 0.436. The first-order chi connectivity index (χ1) is 15.7. The van der Waals surface area contributed by atoms with E-state index in [1.807, 2.05) is 25.1 Å². The molecule has 2 unspecified atom stereocenters. The predicted octanol–water partition coefficient (Wildman–Crippen LogP) is 1.21. The van der Waals surface area contributed by atoms with Gasteiger partial charge in [-0.25, -0.2) is 15.0 Å². The van der Waals surface area contributed by atoms with Gasteiger partial charge in [0.25, 0.3) is 0 Å². The minimum atomic E-state index is -1.14. The lowest BCUT2D eigenvalue weighted by Gasteiger charge is -2.16. The fourth-order valence-electron chi connectivity index (χ4n) is 3.84. The van der Waals surface area contributed by atoms with Crippen LogP contribution in [0.4, 0.5) is 5.82 Å². The molecular formula is C21H25N5O6. The number of ether oxygens (including phenoxy) is 4. The van der Waals surface area contributed by atoms with Gasteiger partial charge in [-0.15, -0.1) is 0 Å².